The molecule has 0 saturated heterocycles. The molecule has 0 aliphatic carbocycles. The number of carbonyl (C=O) groups excluding carboxylic acids is 1. The maximum absolute atomic E-state index is 13.3. The number of fused-ring (bicyclic) bond motifs is 2. The van der Waals surface area contributed by atoms with Gasteiger partial charge in [0, 0.05) is 30.7 Å². The summed E-state index contributed by atoms with van der Waals surface area (Å²) >= 11 is 0. The van der Waals surface area contributed by atoms with E-state index >= 15 is 0 Å². The fraction of sp³-hybridized carbons (Fsp3) is 0.130. The van der Waals surface area contributed by atoms with Crippen molar-refractivity contribution in [3.8, 4) is 11.3 Å². The first-order valence-electron chi connectivity index (χ1n) is 9.79. The molecule has 0 radical (unpaired) electrons. The van der Waals surface area contributed by atoms with Gasteiger partial charge in [0.05, 0.1) is 34.0 Å². The fourth-order valence-corrected chi connectivity index (χ4v) is 3.61. The number of nitrogens with one attached hydrogen (secondary N) is 1. The average Bonchev–Trinajstić information content (AvgIpc) is 3.38. The van der Waals surface area contributed by atoms with Gasteiger partial charge in [0.15, 0.2) is 0 Å². The molecule has 0 aliphatic rings. The molecule has 1 amide bonds. The lowest BCUT2D eigenvalue weighted by Gasteiger charge is -2.10. The fourth-order valence-electron chi connectivity index (χ4n) is 3.61. The van der Waals surface area contributed by atoms with E-state index in [0.29, 0.717) is 17.2 Å². The minimum absolute atomic E-state index is 0.226. The van der Waals surface area contributed by atoms with Crippen LogP contribution in [0.5, 0.6) is 0 Å². The number of carbonyl (C=O) groups is 1. The number of benzene rings is 2. The van der Waals surface area contributed by atoms with Crippen LogP contribution in [0.25, 0.3) is 33.2 Å². The molecule has 0 saturated carbocycles. The molecule has 0 spiro atoms. The van der Waals surface area contributed by atoms with E-state index < -0.39 is 0 Å². The van der Waals surface area contributed by atoms with Gasteiger partial charge in [0.25, 0.3) is 5.91 Å². The highest BCUT2D eigenvalue weighted by molar-refractivity contribution is 6.13. The first-order valence-corrected chi connectivity index (χ1v) is 9.79. The summed E-state index contributed by atoms with van der Waals surface area (Å²) in [5.74, 6) is 0.276. The number of hydrogen-bond donors (Lipinski definition) is 1. The highest BCUT2D eigenvalue weighted by Crippen LogP contribution is 2.26. The van der Waals surface area contributed by atoms with Crippen LogP contribution in [0.3, 0.4) is 0 Å². The predicted molar refractivity (Wildman–Crippen MR) is 117 cm³/mol. The van der Waals surface area contributed by atoms with E-state index in [1.165, 1.54) is 0 Å². The van der Waals surface area contributed by atoms with Crippen LogP contribution < -0.4 is 5.32 Å². The summed E-state index contributed by atoms with van der Waals surface area (Å²) < 4.78 is 3.72. The summed E-state index contributed by atoms with van der Waals surface area (Å²) in [5, 5.41) is 8.09. The van der Waals surface area contributed by atoms with Crippen molar-refractivity contribution < 1.29 is 4.79 Å². The molecule has 0 bridgehead atoms. The smallest absolute Gasteiger partial charge is 0.258 e. The van der Waals surface area contributed by atoms with E-state index in [9.17, 15) is 4.79 Å². The maximum atomic E-state index is 13.3. The standard InChI is InChI=1S/C23H20N6O/c1-3-29-14-15(13-24-29)20-12-17(16-8-4-5-9-18(16)25-20)22(30)27-23-26-19-10-6-7-11-21(19)28(23)2/h4-14H,3H2,1-2H3,(H,26,27,30). The van der Waals surface area contributed by atoms with E-state index in [1.54, 1.807) is 6.20 Å². The highest BCUT2D eigenvalue weighted by atomic mass is 16.1. The zero-order valence-corrected chi connectivity index (χ0v) is 16.7. The third kappa shape index (κ3) is 3.00. The molecule has 7 heteroatoms. The number of imidazole rings is 1. The molecule has 5 rings (SSSR count). The van der Waals surface area contributed by atoms with Gasteiger partial charge >= 0.3 is 0 Å². The minimum atomic E-state index is -0.226. The molecule has 0 atom stereocenters. The normalized spacial score (nSPS) is 11.3. The molecular formula is C23H20N6O. The molecule has 3 aromatic heterocycles. The Hall–Kier alpha value is -4.00. The number of aryl methyl sites for hydroxylation is 2. The molecule has 3 heterocycles. The Kier molecular flexibility index (Phi) is 4.28. The Bertz CT molecular complexity index is 1400. The second-order valence-electron chi connectivity index (χ2n) is 7.09. The van der Waals surface area contributed by atoms with Gasteiger partial charge in [-0.1, -0.05) is 30.3 Å². The molecule has 148 valence electrons. The highest BCUT2D eigenvalue weighted by Gasteiger charge is 2.17. The van der Waals surface area contributed by atoms with Crippen LogP contribution >= 0.6 is 0 Å². The Morgan fingerprint density at radius 3 is 2.57 bits per heavy atom. The van der Waals surface area contributed by atoms with Crippen LogP contribution in [0.2, 0.25) is 0 Å². The second kappa shape index (κ2) is 7.11. The lowest BCUT2D eigenvalue weighted by atomic mass is 10.1. The van der Waals surface area contributed by atoms with Crippen molar-refractivity contribution in [2.24, 2.45) is 7.05 Å². The van der Waals surface area contributed by atoms with Crippen LogP contribution in [0.1, 0.15) is 17.3 Å². The van der Waals surface area contributed by atoms with Gasteiger partial charge in [-0.25, -0.2) is 9.97 Å². The number of aromatic nitrogens is 5. The van der Waals surface area contributed by atoms with Crippen molar-refractivity contribution in [1.29, 1.82) is 0 Å². The van der Waals surface area contributed by atoms with Gasteiger partial charge in [-0.3, -0.25) is 14.8 Å². The zero-order valence-electron chi connectivity index (χ0n) is 16.7. The van der Waals surface area contributed by atoms with Gasteiger partial charge in [0.2, 0.25) is 5.95 Å². The summed E-state index contributed by atoms with van der Waals surface area (Å²) in [6.45, 7) is 2.80. The van der Waals surface area contributed by atoms with Crippen molar-refractivity contribution in [3.63, 3.8) is 0 Å². The zero-order chi connectivity index (χ0) is 20.7. The minimum Gasteiger partial charge on any atom is -0.313 e. The van der Waals surface area contributed by atoms with Crippen LogP contribution in [0.15, 0.2) is 67.0 Å². The topological polar surface area (TPSA) is 77.6 Å². The van der Waals surface area contributed by atoms with Crippen LogP contribution in [-0.2, 0) is 13.6 Å². The summed E-state index contributed by atoms with van der Waals surface area (Å²) in [6, 6.07) is 17.2. The quantitative estimate of drug-likeness (QED) is 0.492. The number of rotatable bonds is 4. The number of nitrogens with zero attached hydrogens (tertiary/aromatic N) is 5. The average molecular weight is 396 g/mol. The van der Waals surface area contributed by atoms with Crippen LogP contribution in [-0.4, -0.2) is 30.2 Å². The summed E-state index contributed by atoms with van der Waals surface area (Å²) in [4.78, 5) is 22.6. The summed E-state index contributed by atoms with van der Waals surface area (Å²) in [6.07, 6.45) is 3.71. The van der Waals surface area contributed by atoms with E-state index in [1.807, 2.05) is 84.0 Å². The van der Waals surface area contributed by atoms with Gasteiger partial charge < -0.3 is 4.57 Å². The number of hydrogen-bond acceptors (Lipinski definition) is 4. The van der Waals surface area contributed by atoms with Crippen molar-refractivity contribution in [2.75, 3.05) is 5.32 Å². The lowest BCUT2D eigenvalue weighted by molar-refractivity contribution is 0.102. The Labute approximate surface area is 173 Å². The second-order valence-corrected chi connectivity index (χ2v) is 7.09. The van der Waals surface area contributed by atoms with E-state index in [4.69, 9.17) is 4.98 Å². The van der Waals surface area contributed by atoms with Gasteiger partial charge in [0.1, 0.15) is 0 Å². The number of para-hydroxylation sites is 3. The van der Waals surface area contributed by atoms with E-state index in [2.05, 4.69) is 15.4 Å². The van der Waals surface area contributed by atoms with Crippen molar-refractivity contribution in [2.45, 2.75) is 13.5 Å². The molecule has 0 fully saturated rings. The third-order valence-electron chi connectivity index (χ3n) is 5.23. The Morgan fingerprint density at radius 1 is 1.03 bits per heavy atom. The SMILES string of the molecule is CCn1cc(-c2cc(C(=O)Nc3nc4ccccc4n3C)c3ccccc3n2)cn1. The number of pyridine rings is 1. The Balaban J connectivity index is 1.59. The van der Waals surface area contributed by atoms with Gasteiger partial charge in [-0.2, -0.15) is 5.10 Å². The van der Waals surface area contributed by atoms with Crippen molar-refractivity contribution >= 4 is 33.8 Å². The molecule has 1 N–H and O–H groups in total. The molecule has 0 unspecified atom stereocenters. The van der Waals surface area contributed by atoms with Crippen molar-refractivity contribution in [1.82, 2.24) is 24.3 Å². The maximum Gasteiger partial charge on any atom is 0.258 e. The molecule has 7 nitrogen and oxygen atoms in total. The van der Waals surface area contributed by atoms with Gasteiger partial charge in [-0.05, 0) is 31.2 Å². The molecule has 2 aromatic carbocycles. The van der Waals surface area contributed by atoms with E-state index in [-0.39, 0.29) is 5.91 Å². The van der Waals surface area contributed by atoms with Gasteiger partial charge in [-0.15, -0.1) is 0 Å². The van der Waals surface area contributed by atoms with Crippen LogP contribution in [0.4, 0.5) is 5.95 Å². The number of anilines is 1. The molecule has 30 heavy (non-hydrogen) atoms. The largest absolute Gasteiger partial charge is 0.313 e. The lowest BCUT2D eigenvalue weighted by Crippen LogP contribution is -2.16. The molecule has 0 aliphatic heterocycles. The molecular weight excluding hydrogens is 376 g/mol. The number of amides is 1. The van der Waals surface area contributed by atoms with Crippen LogP contribution in [0, 0.1) is 0 Å². The summed E-state index contributed by atoms with van der Waals surface area (Å²) in [7, 11) is 1.89. The first kappa shape index (κ1) is 18.1. The monoisotopic (exact) mass is 396 g/mol. The first-order chi connectivity index (χ1) is 14.6. The summed E-state index contributed by atoms with van der Waals surface area (Å²) in [5.41, 5.74) is 4.69. The Morgan fingerprint density at radius 2 is 1.80 bits per heavy atom. The van der Waals surface area contributed by atoms with Crippen molar-refractivity contribution in [3.05, 3.63) is 72.6 Å². The molecule has 5 aromatic rings. The predicted octanol–water partition coefficient (Wildman–Crippen LogP) is 4.26. The van der Waals surface area contributed by atoms with E-state index in [0.717, 1.165) is 34.0 Å². The third-order valence-corrected chi connectivity index (χ3v) is 5.23.